The van der Waals surface area contributed by atoms with E-state index in [1.54, 1.807) is 76.2 Å². The van der Waals surface area contributed by atoms with Crippen molar-refractivity contribution in [3.8, 4) is 0 Å². The highest BCUT2D eigenvalue weighted by Crippen LogP contribution is 2.31. The first-order valence-electron chi connectivity index (χ1n) is 13.8. The first-order chi connectivity index (χ1) is 19.6. The molecule has 0 aliphatic rings. The van der Waals surface area contributed by atoms with Crippen LogP contribution in [0.3, 0.4) is 0 Å². The lowest BCUT2D eigenvalue weighted by molar-refractivity contribution is -0.159. The van der Waals surface area contributed by atoms with E-state index in [1.807, 2.05) is 27.7 Å². The Kier molecular flexibility index (Phi) is 16.5. The van der Waals surface area contributed by atoms with Crippen LogP contribution in [-0.4, -0.2) is 46.2 Å². The molecule has 2 aromatic carbocycles. The Labute approximate surface area is 265 Å². The number of carboxylic acid groups (broad SMARTS) is 1. The monoisotopic (exact) mass is 640 g/mol. The van der Waals surface area contributed by atoms with Gasteiger partial charge in [-0.3, -0.25) is 19.2 Å². The highest BCUT2D eigenvalue weighted by atomic mass is 35.5. The summed E-state index contributed by atoms with van der Waals surface area (Å²) in [5.41, 5.74) is -0.357. The van der Waals surface area contributed by atoms with E-state index in [4.69, 9.17) is 37.8 Å². The third-order valence-electron chi connectivity index (χ3n) is 6.36. The van der Waals surface area contributed by atoms with Crippen LogP contribution in [0, 0.1) is 22.7 Å². The summed E-state index contributed by atoms with van der Waals surface area (Å²) in [4.78, 5) is 44.9. The molecular weight excluding hydrogens is 595 g/mol. The van der Waals surface area contributed by atoms with Crippen molar-refractivity contribution < 1.29 is 34.1 Å². The Morgan fingerprint density at radius 2 is 1.02 bits per heavy atom. The predicted molar refractivity (Wildman–Crippen MR) is 172 cm³/mol. The van der Waals surface area contributed by atoms with Gasteiger partial charge in [-0.25, -0.2) is 0 Å². The molecule has 0 aliphatic carbocycles. The van der Waals surface area contributed by atoms with Gasteiger partial charge >= 0.3 is 5.97 Å². The van der Waals surface area contributed by atoms with Gasteiger partial charge in [-0.05, 0) is 88.1 Å². The number of amides is 2. The zero-order valence-corrected chi connectivity index (χ0v) is 28.1. The molecule has 0 aliphatic heterocycles. The number of esters is 1. The number of ether oxygens (including phenoxy) is 1. The second-order valence-electron chi connectivity index (χ2n) is 11.8. The molecule has 2 unspecified atom stereocenters. The fraction of sp³-hybridized carbons (Fsp3) is 0.500. The molecule has 0 spiro atoms. The molecule has 0 bridgehead atoms. The number of carbonyl (C=O) groups excluding carboxylic acids is 3. The highest BCUT2D eigenvalue weighted by molar-refractivity contribution is 6.31. The molecule has 0 fully saturated rings. The minimum absolute atomic E-state index is 0.0240. The lowest BCUT2D eigenvalue weighted by Crippen LogP contribution is -2.46. The summed E-state index contributed by atoms with van der Waals surface area (Å²) in [6.45, 7) is 17.1. The number of rotatable bonds is 9. The fourth-order valence-corrected chi connectivity index (χ4v) is 4.30. The quantitative estimate of drug-likeness (QED) is 0.211. The van der Waals surface area contributed by atoms with Gasteiger partial charge in [0.1, 0.15) is 6.10 Å². The van der Waals surface area contributed by atoms with Gasteiger partial charge in [0.05, 0.1) is 16.9 Å². The summed E-state index contributed by atoms with van der Waals surface area (Å²) in [6.07, 6.45) is -1.19. The summed E-state index contributed by atoms with van der Waals surface area (Å²) in [5, 5.41) is 24.3. The van der Waals surface area contributed by atoms with E-state index in [1.165, 1.54) is 6.92 Å². The Morgan fingerprint density at radius 3 is 1.30 bits per heavy atom. The molecule has 0 aromatic heterocycles. The van der Waals surface area contributed by atoms with Gasteiger partial charge in [0, 0.05) is 35.3 Å². The zero-order chi connectivity index (χ0) is 33.7. The van der Waals surface area contributed by atoms with Crippen LogP contribution in [0.15, 0.2) is 48.5 Å². The van der Waals surface area contributed by atoms with Gasteiger partial charge in [0.15, 0.2) is 0 Å². The molecule has 4 N–H and O–H groups in total. The number of aliphatic hydroxyl groups is 1. The molecule has 0 radical (unpaired) electrons. The van der Waals surface area contributed by atoms with Gasteiger partial charge < -0.3 is 25.6 Å². The molecule has 2 rings (SSSR count). The van der Waals surface area contributed by atoms with Crippen LogP contribution in [0.25, 0.3) is 0 Å². The number of hydrogen-bond donors (Lipinski definition) is 4. The van der Waals surface area contributed by atoms with Crippen LogP contribution in [0.4, 0.5) is 11.4 Å². The van der Waals surface area contributed by atoms with Crippen LogP contribution < -0.4 is 10.6 Å². The number of aliphatic carboxylic acids is 1. The van der Waals surface area contributed by atoms with Crippen LogP contribution in [-0.2, 0) is 23.9 Å². The maximum absolute atomic E-state index is 12.5. The molecule has 43 heavy (non-hydrogen) atoms. The van der Waals surface area contributed by atoms with E-state index in [9.17, 15) is 19.5 Å². The summed E-state index contributed by atoms with van der Waals surface area (Å²) < 4.78 is 5.33. The van der Waals surface area contributed by atoms with E-state index in [2.05, 4.69) is 10.6 Å². The van der Waals surface area contributed by atoms with Crippen LogP contribution in [0.1, 0.15) is 69.2 Å². The van der Waals surface area contributed by atoms with Crippen molar-refractivity contribution in [3.05, 3.63) is 58.6 Å². The smallest absolute Gasteiger partial charge is 0.302 e. The van der Waals surface area contributed by atoms with Gasteiger partial charge in [0.2, 0.25) is 11.8 Å². The fourth-order valence-electron chi connectivity index (χ4n) is 4.04. The standard InChI is InChI=1S/C16H22ClNO3.C14H20ClNO2.C2H4O2/c1-10(2)14(21-11(3)19)16(4,5)15(20)18-13-8-6-12(17)7-9-13;1-9(2)12(17)14(3,4)13(18)16-11-7-5-10(15)6-8-11;1-2(3)4/h6-10,14H,1-5H3,(H,18,20);5-9,12,17H,1-4H3,(H,16,18);1H3,(H,3,4). The summed E-state index contributed by atoms with van der Waals surface area (Å²) in [5.74, 6) is -1.58. The number of halogens is 2. The normalized spacial score (nSPS) is 12.5. The van der Waals surface area contributed by atoms with Gasteiger partial charge in [-0.1, -0.05) is 50.9 Å². The second kappa shape index (κ2) is 17.9. The van der Waals surface area contributed by atoms with Crippen LogP contribution >= 0.6 is 23.2 Å². The highest BCUT2D eigenvalue weighted by Gasteiger charge is 2.41. The Morgan fingerprint density at radius 1 is 0.698 bits per heavy atom. The molecule has 2 amide bonds. The van der Waals surface area contributed by atoms with Gasteiger partial charge in [-0.2, -0.15) is 0 Å². The maximum atomic E-state index is 12.5. The molecule has 0 saturated carbocycles. The van der Waals surface area contributed by atoms with E-state index >= 15 is 0 Å². The van der Waals surface area contributed by atoms with E-state index in [-0.39, 0.29) is 29.6 Å². The SMILES string of the molecule is CC(=O)O.CC(=O)OC(C(C)C)C(C)(C)C(=O)Nc1ccc(Cl)cc1.CC(C)C(O)C(C)(C)C(=O)Nc1ccc(Cl)cc1. The van der Waals surface area contributed by atoms with Gasteiger partial charge in [-0.15, -0.1) is 0 Å². The number of benzene rings is 2. The summed E-state index contributed by atoms with van der Waals surface area (Å²) in [6, 6.07) is 13.8. The zero-order valence-electron chi connectivity index (χ0n) is 26.6. The van der Waals surface area contributed by atoms with Crippen molar-refractivity contribution in [2.24, 2.45) is 22.7 Å². The Hall–Kier alpha value is -3.14. The molecule has 11 heteroatoms. The number of anilines is 2. The molecular formula is C32H46Cl2N2O7. The lowest BCUT2D eigenvalue weighted by Gasteiger charge is -2.34. The van der Waals surface area contributed by atoms with Crippen LogP contribution in [0.5, 0.6) is 0 Å². The molecule has 9 nitrogen and oxygen atoms in total. The molecule has 0 saturated heterocycles. The first kappa shape index (κ1) is 39.9. The van der Waals surface area contributed by atoms with Crippen molar-refractivity contribution in [3.63, 3.8) is 0 Å². The molecule has 2 aromatic rings. The van der Waals surface area contributed by atoms with Crippen molar-refractivity contribution in [1.29, 1.82) is 0 Å². The average molecular weight is 642 g/mol. The number of nitrogens with one attached hydrogen (secondary N) is 2. The van der Waals surface area contributed by atoms with Crippen molar-refractivity contribution in [2.45, 2.75) is 81.4 Å². The molecule has 0 heterocycles. The van der Waals surface area contributed by atoms with Crippen LogP contribution in [0.2, 0.25) is 10.0 Å². The van der Waals surface area contributed by atoms with Crippen molar-refractivity contribution in [2.75, 3.05) is 10.6 Å². The van der Waals surface area contributed by atoms with Crippen molar-refractivity contribution >= 4 is 58.3 Å². The molecule has 2 atom stereocenters. The largest absolute Gasteiger partial charge is 0.481 e. The lowest BCUT2D eigenvalue weighted by atomic mass is 9.79. The van der Waals surface area contributed by atoms with E-state index < -0.39 is 29.0 Å². The number of aliphatic hydroxyl groups excluding tert-OH is 1. The number of carboxylic acids is 1. The number of carbonyl (C=O) groups is 4. The Balaban J connectivity index is 0.000000736. The summed E-state index contributed by atoms with van der Waals surface area (Å²) >= 11 is 11.6. The summed E-state index contributed by atoms with van der Waals surface area (Å²) in [7, 11) is 0. The third kappa shape index (κ3) is 14.3. The predicted octanol–water partition coefficient (Wildman–Crippen LogP) is 7.30. The van der Waals surface area contributed by atoms with E-state index in [0.717, 1.165) is 6.92 Å². The first-order valence-corrected chi connectivity index (χ1v) is 14.6. The topological polar surface area (TPSA) is 142 Å². The minimum Gasteiger partial charge on any atom is -0.481 e. The number of hydrogen-bond acceptors (Lipinski definition) is 6. The van der Waals surface area contributed by atoms with E-state index in [0.29, 0.717) is 21.4 Å². The average Bonchev–Trinajstić information content (AvgIpc) is 2.89. The maximum Gasteiger partial charge on any atom is 0.302 e. The second-order valence-corrected chi connectivity index (χ2v) is 12.7. The molecule has 240 valence electrons. The minimum atomic E-state index is -0.848. The van der Waals surface area contributed by atoms with Crippen molar-refractivity contribution in [1.82, 2.24) is 0 Å². The third-order valence-corrected chi connectivity index (χ3v) is 6.86. The van der Waals surface area contributed by atoms with Gasteiger partial charge in [0.25, 0.3) is 5.97 Å². The Bertz CT molecular complexity index is 1190.